The second-order valence-electron chi connectivity index (χ2n) is 4.16. The first-order valence-corrected chi connectivity index (χ1v) is 6.25. The van der Waals surface area contributed by atoms with Crippen molar-refractivity contribution in [3.05, 3.63) is 28.8 Å². The third-order valence-corrected chi connectivity index (χ3v) is 3.35. The second kappa shape index (κ2) is 5.92. The van der Waals surface area contributed by atoms with Crippen molar-refractivity contribution >= 4 is 23.1 Å². The first-order chi connectivity index (χ1) is 8.01. The molecule has 0 atom stereocenters. The van der Waals surface area contributed by atoms with Crippen molar-refractivity contribution in [1.29, 1.82) is 5.41 Å². The lowest BCUT2D eigenvalue weighted by Crippen LogP contribution is -2.32. The lowest BCUT2D eigenvalue weighted by molar-refractivity contribution is 0.591. The molecule has 3 nitrogen and oxygen atoms in total. The molecule has 17 heavy (non-hydrogen) atoms. The van der Waals surface area contributed by atoms with Crippen molar-refractivity contribution in [2.45, 2.75) is 32.7 Å². The predicted molar refractivity (Wildman–Crippen MR) is 75.2 cm³/mol. The molecule has 0 amide bonds. The number of amidine groups is 1. The van der Waals surface area contributed by atoms with Crippen molar-refractivity contribution in [3.63, 3.8) is 0 Å². The van der Waals surface area contributed by atoms with Gasteiger partial charge in [0.1, 0.15) is 5.84 Å². The highest BCUT2D eigenvalue weighted by Crippen LogP contribution is 2.26. The number of nitrogens with two attached hydrogens (primary N) is 1. The van der Waals surface area contributed by atoms with E-state index >= 15 is 0 Å². The van der Waals surface area contributed by atoms with Crippen LogP contribution < -0.4 is 10.6 Å². The molecule has 0 aliphatic carbocycles. The molecule has 0 unspecified atom stereocenters. The summed E-state index contributed by atoms with van der Waals surface area (Å²) < 4.78 is 0. The van der Waals surface area contributed by atoms with Gasteiger partial charge in [0.25, 0.3) is 0 Å². The first kappa shape index (κ1) is 13.8. The number of halogens is 1. The van der Waals surface area contributed by atoms with Crippen molar-refractivity contribution in [2.75, 3.05) is 11.9 Å². The summed E-state index contributed by atoms with van der Waals surface area (Å²) in [7, 11) is 2.04. The number of benzene rings is 1. The van der Waals surface area contributed by atoms with E-state index in [4.69, 9.17) is 22.7 Å². The Bertz CT molecular complexity index is 400. The summed E-state index contributed by atoms with van der Waals surface area (Å²) in [6.07, 6.45) is 2.12. The summed E-state index contributed by atoms with van der Waals surface area (Å²) in [6, 6.07) is 5.96. The van der Waals surface area contributed by atoms with E-state index < -0.39 is 0 Å². The zero-order chi connectivity index (χ0) is 13.0. The quantitative estimate of drug-likeness (QED) is 0.625. The van der Waals surface area contributed by atoms with Crippen LogP contribution in [-0.4, -0.2) is 18.9 Å². The van der Waals surface area contributed by atoms with E-state index in [0.29, 0.717) is 16.6 Å². The van der Waals surface area contributed by atoms with E-state index in [1.54, 1.807) is 6.07 Å². The molecule has 0 aromatic heterocycles. The van der Waals surface area contributed by atoms with Crippen molar-refractivity contribution < 1.29 is 0 Å². The van der Waals surface area contributed by atoms with E-state index in [9.17, 15) is 0 Å². The third-order valence-electron chi connectivity index (χ3n) is 3.12. The van der Waals surface area contributed by atoms with Crippen LogP contribution in [0.3, 0.4) is 0 Å². The Kier molecular flexibility index (Phi) is 4.82. The molecule has 1 aromatic rings. The largest absolute Gasteiger partial charge is 0.384 e. The van der Waals surface area contributed by atoms with Crippen LogP contribution in [0.2, 0.25) is 5.02 Å². The fourth-order valence-corrected chi connectivity index (χ4v) is 2.24. The minimum atomic E-state index is 0.0558. The van der Waals surface area contributed by atoms with Gasteiger partial charge in [-0.1, -0.05) is 25.4 Å². The van der Waals surface area contributed by atoms with Gasteiger partial charge in [-0.3, -0.25) is 5.41 Å². The summed E-state index contributed by atoms with van der Waals surface area (Å²) in [4.78, 5) is 2.17. The van der Waals surface area contributed by atoms with Gasteiger partial charge in [-0.15, -0.1) is 0 Å². The lowest BCUT2D eigenvalue weighted by Gasteiger charge is -2.30. The van der Waals surface area contributed by atoms with Gasteiger partial charge in [0.05, 0.1) is 0 Å². The molecule has 0 saturated carbocycles. The zero-order valence-corrected chi connectivity index (χ0v) is 11.4. The molecule has 0 aliphatic rings. The van der Waals surface area contributed by atoms with Crippen LogP contribution >= 0.6 is 11.6 Å². The van der Waals surface area contributed by atoms with E-state index in [1.165, 1.54) is 0 Å². The molecule has 0 radical (unpaired) electrons. The minimum absolute atomic E-state index is 0.0558. The van der Waals surface area contributed by atoms with Gasteiger partial charge in [0, 0.05) is 29.4 Å². The molecular weight excluding hydrogens is 234 g/mol. The SMILES string of the molecule is CCC(CC)N(C)c1ccc(Cl)cc1C(=N)N. The Morgan fingerprint density at radius 1 is 1.41 bits per heavy atom. The van der Waals surface area contributed by atoms with E-state index in [0.717, 1.165) is 18.5 Å². The van der Waals surface area contributed by atoms with E-state index in [-0.39, 0.29) is 5.84 Å². The Morgan fingerprint density at radius 2 is 2.00 bits per heavy atom. The maximum absolute atomic E-state index is 7.61. The molecule has 0 bridgehead atoms. The van der Waals surface area contributed by atoms with Crippen LogP contribution in [0.15, 0.2) is 18.2 Å². The number of rotatable bonds is 5. The molecule has 3 N–H and O–H groups in total. The van der Waals surface area contributed by atoms with Crippen molar-refractivity contribution in [2.24, 2.45) is 5.73 Å². The second-order valence-corrected chi connectivity index (χ2v) is 4.59. The van der Waals surface area contributed by atoms with Gasteiger partial charge in [0.2, 0.25) is 0 Å². The summed E-state index contributed by atoms with van der Waals surface area (Å²) in [6.45, 7) is 4.32. The van der Waals surface area contributed by atoms with Crippen molar-refractivity contribution in [3.8, 4) is 0 Å². The monoisotopic (exact) mass is 253 g/mol. The molecule has 0 spiro atoms. The zero-order valence-electron chi connectivity index (χ0n) is 10.6. The number of nitrogens with one attached hydrogen (secondary N) is 1. The third kappa shape index (κ3) is 3.13. The van der Waals surface area contributed by atoms with Gasteiger partial charge >= 0.3 is 0 Å². The van der Waals surface area contributed by atoms with Gasteiger partial charge in [-0.25, -0.2) is 0 Å². The highest BCUT2D eigenvalue weighted by Gasteiger charge is 2.16. The van der Waals surface area contributed by atoms with Crippen LogP contribution in [0, 0.1) is 5.41 Å². The molecule has 1 rings (SSSR count). The maximum atomic E-state index is 7.61. The topological polar surface area (TPSA) is 53.1 Å². The van der Waals surface area contributed by atoms with E-state index in [2.05, 4.69) is 18.7 Å². The normalized spacial score (nSPS) is 10.6. The van der Waals surface area contributed by atoms with Crippen LogP contribution in [0.4, 0.5) is 5.69 Å². The van der Waals surface area contributed by atoms with Crippen LogP contribution in [0.5, 0.6) is 0 Å². The Morgan fingerprint density at radius 3 is 2.47 bits per heavy atom. The number of anilines is 1. The molecule has 1 aromatic carbocycles. The summed E-state index contributed by atoms with van der Waals surface area (Å²) in [5.74, 6) is 0.0558. The molecular formula is C13H20ClN3. The van der Waals surface area contributed by atoms with Gasteiger partial charge in [-0.05, 0) is 31.0 Å². The average molecular weight is 254 g/mol. The fourth-order valence-electron chi connectivity index (χ4n) is 2.06. The molecule has 0 saturated heterocycles. The molecule has 0 heterocycles. The fraction of sp³-hybridized carbons (Fsp3) is 0.462. The van der Waals surface area contributed by atoms with Crippen LogP contribution in [0.1, 0.15) is 32.3 Å². The van der Waals surface area contributed by atoms with Crippen LogP contribution in [0.25, 0.3) is 0 Å². The standard InChI is InChI=1S/C13H20ClN3/c1-4-10(5-2)17(3)12-7-6-9(14)8-11(12)13(15)16/h6-8,10H,4-5H2,1-3H3,(H3,15,16). The molecule has 0 aliphatic heterocycles. The minimum Gasteiger partial charge on any atom is -0.384 e. The first-order valence-electron chi connectivity index (χ1n) is 5.88. The molecule has 94 valence electrons. The smallest absolute Gasteiger partial charge is 0.124 e. The van der Waals surface area contributed by atoms with E-state index in [1.807, 2.05) is 19.2 Å². The molecule has 4 heteroatoms. The summed E-state index contributed by atoms with van der Waals surface area (Å²) >= 11 is 5.94. The summed E-state index contributed by atoms with van der Waals surface area (Å²) in [5, 5.41) is 8.22. The number of nitrogens with zero attached hydrogens (tertiary/aromatic N) is 1. The van der Waals surface area contributed by atoms with Gasteiger partial charge < -0.3 is 10.6 Å². The number of hydrogen-bond donors (Lipinski definition) is 2. The van der Waals surface area contributed by atoms with Crippen molar-refractivity contribution in [1.82, 2.24) is 0 Å². The molecule has 0 fully saturated rings. The number of nitrogen functional groups attached to an aromatic ring is 1. The summed E-state index contributed by atoms with van der Waals surface area (Å²) in [5.41, 5.74) is 7.27. The maximum Gasteiger partial charge on any atom is 0.124 e. The Hall–Kier alpha value is -1.22. The lowest BCUT2D eigenvalue weighted by atomic mass is 10.1. The van der Waals surface area contributed by atoms with Gasteiger partial charge in [0.15, 0.2) is 0 Å². The highest BCUT2D eigenvalue weighted by atomic mass is 35.5. The predicted octanol–water partition coefficient (Wildman–Crippen LogP) is 3.25. The van der Waals surface area contributed by atoms with Crippen LogP contribution in [-0.2, 0) is 0 Å². The Balaban J connectivity index is 3.16. The average Bonchev–Trinajstić information content (AvgIpc) is 2.30. The number of hydrogen-bond acceptors (Lipinski definition) is 2. The highest BCUT2D eigenvalue weighted by molar-refractivity contribution is 6.31. The Labute approximate surface area is 108 Å². The van der Waals surface area contributed by atoms with Gasteiger partial charge in [-0.2, -0.15) is 0 Å².